The predicted octanol–water partition coefficient (Wildman–Crippen LogP) is 2.79. The van der Waals surface area contributed by atoms with Crippen molar-refractivity contribution in [2.24, 2.45) is 0 Å². The van der Waals surface area contributed by atoms with Gasteiger partial charge < -0.3 is 14.6 Å². The lowest BCUT2D eigenvalue weighted by atomic mass is 10.2. The van der Waals surface area contributed by atoms with E-state index in [1.807, 2.05) is 14.0 Å². The zero-order valence-corrected chi connectivity index (χ0v) is 11.3. The number of nitrogens with one attached hydrogen (secondary N) is 1. The second-order valence-corrected chi connectivity index (χ2v) is 4.43. The molecule has 0 fully saturated rings. The summed E-state index contributed by atoms with van der Waals surface area (Å²) in [7, 11) is 1.99. The summed E-state index contributed by atoms with van der Waals surface area (Å²) in [5, 5.41) is 4.55. The zero-order valence-electron chi connectivity index (χ0n) is 11.3. The highest BCUT2D eigenvalue weighted by atomic mass is 16.5. The minimum atomic E-state index is 0.801. The van der Waals surface area contributed by atoms with E-state index in [0.29, 0.717) is 0 Å². The summed E-state index contributed by atoms with van der Waals surface area (Å²) < 4.78 is 7.81. The van der Waals surface area contributed by atoms with Crippen molar-refractivity contribution in [1.82, 2.24) is 9.88 Å². The van der Waals surface area contributed by atoms with Gasteiger partial charge in [-0.25, -0.2) is 0 Å². The number of aryl methyl sites for hydroxylation is 1. The standard InChI is InChI=1S/C15H22N2O/c1-3-18-10-6-9-17-14(12-16-2)11-13-7-4-5-8-15(13)17/h4-5,7-8,11,16H,3,6,9-10,12H2,1-2H3. The molecule has 0 atom stereocenters. The van der Waals surface area contributed by atoms with Gasteiger partial charge in [0.1, 0.15) is 0 Å². The van der Waals surface area contributed by atoms with Crippen LogP contribution in [-0.4, -0.2) is 24.8 Å². The average Bonchev–Trinajstić information content (AvgIpc) is 2.73. The maximum absolute atomic E-state index is 5.41. The van der Waals surface area contributed by atoms with Crippen LogP contribution >= 0.6 is 0 Å². The van der Waals surface area contributed by atoms with Crippen molar-refractivity contribution in [1.29, 1.82) is 0 Å². The summed E-state index contributed by atoms with van der Waals surface area (Å²) in [6.45, 7) is 5.60. The molecule has 2 rings (SSSR count). The lowest BCUT2D eigenvalue weighted by Crippen LogP contribution is -2.12. The van der Waals surface area contributed by atoms with Crippen LogP contribution < -0.4 is 5.32 Å². The van der Waals surface area contributed by atoms with Gasteiger partial charge in [0, 0.05) is 37.5 Å². The van der Waals surface area contributed by atoms with Crippen molar-refractivity contribution in [2.45, 2.75) is 26.4 Å². The van der Waals surface area contributed by atoms with E-state index in [9.17, 15) is 0 Å². The first-order valence-electron chi connectivity index (χ1n) is 6.66. The Morgan fingerprint density at radius 1 is 1.28 bits per heavy atom. The van der Waals surface area contributed by atoms with Crippen molar-refractivity contribution in [3.63, 3.8) is 0 Å². The van der Waals surface area contributed by atoms with Gasteiger partial charge in [-0.1, -0.05) is 18.2 Å². The molecule has 0 aliphatic heterocycles. The van der Waals surface area contributed by atoms with Crippen molar-refractivity contribution < 1.29 is 4.74 Å². The molecule has 1 aromatic carbocycles. The van der Waals surface area contributed by atoms with Gasteiger partial charge in [-0.05, 0) is 37.9 Å². The molecular weight excluding hydrogens is 224 g/mol. The van der Waals surface area contributed by atoms with Crippen molar-refractivity contribution in [3.05, 3.63) is 36.0 Å². The Kier molecular flexibility index (Phi) is 4.79. The van der Waals surface area contributed by atoms with Crippen LogP contribution in [0.3, 0.4) is 0 Å². The SMILES string of the molecule is CCOCCCn1c(CNC)cc2ccccc21. The van der Waals surface area contributed by atoms with Crippen LogP contribution in [0, 0.1) is 0 Å². The van der Waals surface area contributed by atoms with Crippen LogP contribution in [0.5, 0.6) is 0 Å². The second-order valence-electron chi connectivity index (χ2n) is 4.43. The third kappa shape index (κ3) is 2.92. The van der Waals surface area contributed by atoms with Gasteiger partial charge in [0.25, 0.3) is 0 Å². The first kappa shape index (κ1) is 13.1. The van der Waals surface area contributed by atoms with Gasteiger partial charge in [0.05, 0.1) is 0 Å². The van der Waals surface area contributed by atoms with Gasteiger partial charge in [0.15, 0.2) is 0 Å². The molecule has 0 unspecified atom stereocenters. The summed E-state index contributed by atoms with van der Waals surface area (Å²) >= 11 is 0. The number of rotatable bonds is 7. The minimum absolute atomic E-state index is 0.801. The Morgan fingerprint density at radius 2 is 2.11 bits per heavy atom. The highest BCUT2D eigenvalue weighted by Crippen LogP contribution is 2.20. The normalized spacial score (nSPS) is 11.2. The van der Waals surface area contributed by atoms with Crippen LogP contribution in [0.1, 0.15) is 19.0 Å². The fourth-order valence-electron chi connectivity index (χ4n) is 2.33. The number of hydrogen-bond donors (Lipinski definition) is 1. The number of fused-ring (bicyclic) bond motifs is 1. The van der Waals surface area contributed by atoms with Crippen molar-refractivity contribution >= 4 is 10.9 Å². The predicted molar refractivity (Wildman–Crippen MR) is 75.8 cm³/mol. The van der Waals surface area contributed by atoms with E-state index in [-0.39, 0.29) is 0 Å². The van der Waals surface area contributed by atoms with E-state index in [2.05, 4.69) is 40.2 Å². The molecule has 0 aliphatic rings. The maximum atomic E-state index is 5.41. The molecule has 1 heterocycles. The number of nitrogens with zero attached hydrogens (tertiary/aromatic N) is 1. The first-order chi connectivity index (χ1) is 8.86. The van der Waals surface area contributed by atoms with Crippen LogP contribution in [0.25, 0.3) is 10.9 Å². The van der Waals surface area contributed by atoms with Gasteiger partial charge in [0.2, 0.25) is 0 Å². The molecule has 3 nitrogen and oxygen atoms in total. The van der Waals surface area contributed by atoms with E-state index in [4.69, 9.17) is 4.74 Å². The molecule has 0 radical (unpaired) electrons. The maximum Gasteiger partial charge on any atom is 0.0482 e. The molecule has 0 bridgehead atoms. The molecule has 0 saturated heterocycles. The van der Waals surface area contributed by atoms with E-state index in [1.165, 1.54) is 16.6 Å². The van der Waals surface area contributed by atoms with Gasteiger partial charge >= 0.3 is 0 Å². The fraction of sp³-hybridized carbons (Fsp3) is 0.467. The molecule has 1 N–H and O–H groups in total. The van der Waals surface area contributed by atoms with Crippen LogP contribution in [0.15, 0.2) is 30.3 Å². The number of benzene rings is 1. The molecular formula is C15H22N2O. The summed E-state index contributed by atoms with van der Waals surface area (Å²) in [4.78, 5) is 0. The average molecular weight is 246 g/mol. The highest BCUT2D eigenvalue weighted by molar-refractivity contribution is 5.81. The molecule has 1 aromatic heterocycles. The summed E-state index contributed by atoms with van der Waals surface area (Å²) in [5.74, 6) is 0. The number of ether oxygens (including phenoxy) is 1. The van der Waals surface area contributed by atoms with Crippen LogP contribution in [0.4, 0.5) is 0 Å². The Balaban J connectivity index is 2.19. The third-order valence-electron chi connectivity index (χ3n) is 3.13. The first-order valence-corrected chi connectivity index (χ1v) is 6.66. The highest BCUT2D eigenvalue weighted by Gasteiger charge is 2.07. The number of para-hydroxylation sites is 1. The Bertz CT molecular complexity index is 490. The van der Waals surface area contributed by atoms with E-state index in [1.54, 1.807) is 0 Å². The molecule has 0 spiro atoms. The summed E-state index contributed by atoms with van der Waals surface area (Å²) in [5.41, 5.74) is 2.66. The summed E-state index contributed by atoms with van der Waals surface area (Å²) in [6, 6.07) is 10.8. The second kappa shape index (κ2) is 6.57. The number of aromatic nitrogens is 1. The third-order valence-corrected chi connectivity index (χ3v) is 3.13. The molecule has 0 amide bonds. The summed E-state index contributed by atoms with van der Waals surface area (Å²) in [6.07, 6.45) is 1.06. The number of hydrogen-bond acceptors (Lipinski definition) is 2. The lowest BCUT2D eigenvalue weighted by Gasteiger charge is -2.10. The molecule has 0 aliphatic carbocycles. The monoisotopic (exact) mass is 246 g/mol. The molecule has 2 aromatic rings. The van der Waals surface area contributed by atoms with E-state index < -0.39 is 0 Å². The van der Waals surface area contributed by atoms with Gasteiger partial charge in [-0.2, -0.15) is 0 Å². The minimum Gasteiger partial charge on any atom is -0.382 e. The Morgan fingerprint density at radius 3 is 2.89 bits per heavy atom. The van der Waals surface area contributed by atoms with Crippen molar-refractivity contribution in [2.75, 3.05) is 20.3 Å². The van der Waals surface area contributed by atoms with Crippen LogP contribution in [-0.2, 0) is 17.8 Å². The Labute approximate surface area is 109 Å². The van der Waals surface area contributed by atoms with Gasteiger partial charge in [-0.3, -0.25) is 0 Å². The largest absolute Gasteiger partial charge is 0.382 e. The Hall–Kier alpha value is -1.32. The van der Waals surface area contributed by atoms with Crippen molar-refractivity contribution in [3.8, 4) is 0 Å². The van der Waals surface area contributed by atoms with E-state index >= 15 is 0 Å². The lowest BCUT2D eigenvalue weighted by molar-refractivity contribution is 0.142. The fourth-order valence-corrected chi connectivity index (χ4v) is 2.33. The zero-order chi connectivity index (χ0) is 12.8. The molecule has 3 heteroatoms. The van der Waals surface area contributed by atoms with Crippen LogP contribution in [0.2, 0.25) is 0 Å². The van der Waals surface area contributed by atoms with Gasteiger partial charge in [-0.15, -0.1) is 0 Å². The molecule has 98 valence electrons. The smallest absolute Gasteiger partial charge is 0.0482 e. The molecule has 0 saturated carbocycles. The quantitative estimate of drug-likeness (QED) is 0.760. The van der Waals surface area contributed by atoms with E-state index in [0.717, 1.165) is 32.7 Å². The topological polar surface area (TPSA) is 26.2 Å². The molecule has 18 heavy (non-hydrogen) atoms.